The van der Waals surface area contributed by atoms with Gasteiger partial charge >= 0.3 is 5.97 Å². The van der Waals surface area contributed by atoms with Crippen LogP contribution in [0, 0.1) is 0 Å². The Labute approximate surface area is 128 Å². The third kappa shape index (κ3) is 4.55. The molecule has 0 saturated carbocycles. The summed E-state index contributed by atoms with van der Waals surface area (Å²) in [4.78, 5) is 14.5. The van der Waals surface area contributed by atoms with E-state index in [2.05, 4.69) is 25.7 Å². The lowest BCUT2D eigenvalue weighted by atomic mass is 9.87. The summed E-state index contributed by atoms with van der Waals surface area (Å²) in [5.74, 6) is -0.381. The Morgan fingerprint density at radius 1 is 1.29 bits per heavy atom. The number of carbonyl (C=O) groups is 1. The quantitative estimate of drug-likeness (QED) is 0.748. The Morgan fingerprint density at radius 2 is 1.90 bits per heavy atom. The zero-order valence-electron chi connectivity index (χ0n) is 13.6. The zero-order chi connectivity index (χ0) is 15.9. The van der Waals surface area contributed by atoms with Gasteiger partial charge in [-0.2, -0.15) is 0 Å². The smallest absolute Gasteiger partial charge is 0.330 e. The average Bonchev–Trinajstić information content (AvgIpc) is 2.50. The molecule has 21 heavy (non-hydrogen) atoms. The number of esters is 1. The molecule has 1 aromatic carbocycles. The number of nitrogens with two attached hydrogens (primary N) is 1. The molecule has 4 heteroatoms. The number of benzene rings is 1. The molecule has 0 aromatic heterocycles. The lowest BCUT2D eigenvalue weighted by Crippen LogP contribution is -2.48. The van der Waals surface area contributed by atoms with E-state index in [1.54, 1.807) is 0 Å². The van der Waals surface area contributed by atoms with E-state index >= 15 is 0 Å². The topological polar surface area (TPSA) is 55.6 Å². The molecule has 0 radical (unpaired) electrons. The number of rotatable bonds is 8. The molecule has 0 aliphatic carbocycles. The molecular formula is C17H28N2O2. The van der Waals surface area contributed by atoms with E-state index in [-0.39, 0.29) is 5.97 Å². The molecule has 1 rings (SSSR count). The molecule has 4 nitrogen and oxygen atoms in total. The molecule has 0 fully saturated rings. The molecule has 0 spiro atoms. The predicted molar refractivity (Wildman–Crippen MR) is 85.9 cm³/mol. The number of methoxy groups -OCH3 is 1. The maximum Gasteiger partial charge on any atom is 0.330 e. The number of hydrogen-bond acceptors (Lipinski definition) is 4. The molecule has 0 aliphatic heterocycles. The van der Waals surface area contributed by atoms with Crippen LogP contribution in [0.5, 0.6) is 0 Å². The highest BCUT2D eigenvalue weighted by Crippen LogP contribution is 2.24. The van der Waals surface area contributed by atoms with Gasteiger partial charge in [-0.3, -0.25) is 0 Å². The van der Waals surface area contributed by atoms with Gasteiger partial charge in [-0.05, 0) is 38.8 Å². The van der Waals surface area contributed by atoms with Gasteiger partial charge in [0.25, 0.3) is 0 Å². The van der Waals surface area contributed by atoms with Crippen LogP contribution in [0.4, 0.5) is 0 Å². The van der Waals surface area contributed by atoms with Crippen molar-refractivity contribution in [2.45, 2.75) is 45.2 Å². The third-order valence-corrected chi connectivity index (χ3v) is 3.87. The van der Waals surface area contributed by atoms with Crippen molar-refractivity contribution in [1.82, 2.24) is 4.90 Å². The largest absolute Gasteiger partial charge is 0.467 e. The number of ether oxygens (including phenoxy) is 1. The van der Waals surface area contributed by atoms with E-state index < -0.39 is 5.54 Å². The molecule has 0 bridgehead atoms. The van der Waals surface area contributed by atoms with Crippen LogP contribution in [0.15, 0.2) is 30.3 Å². The van der Waals surface area contributed by atoms with Crippen molar-refractivity contribution in [2.75, 3.05) is 20.2 Å². The van der Waals surface area contributed by atoms with E-state index in [4.69, 9.17) is 10.5 Å². The molecule has 2 N–H and O–H groups in total. The summed E-state index contributed by atoms with van der Waals surface area (Å²) in [6.45, 7) is 8.25. The van der Waals surface area contributed by atoms with Gasteiger partial charge in [0.1, 0.15) is 5.54 Å². The minimum atomic E-state index is -1.09. The maximum atomic E-state index is 12.2. The molecular weight excluding hydrogens is 264 g/mol. The fraction of sp³-hybridized carbons (Fsp3) is 0.588. The first-order valence-electron chi connectivity index (χ1n) is 7.62. The second-order valence-electron chi connectivity index (χ2n) is 5.71. The second kappa shape index (κ2) is 8.15. The van der Waals surface area contributed by atoms with Crippen molar-refractivity contribution in [1.29, 1.82) is 0 Å². The summed E-state index contributed by atoms with van der Waals surface area (Å²) in [6, 6.07) is 9.91. The standard InChI is InChI=1S/C17H28N2O2/c1-5-12-19(14(2)3)13-11-17(18,16(20)21-4)15-9-7-6-8-10-15/h6-10,14H,5,11-13,18H2,1-4H3. The van der Waals surface area contributed by atoms with E-state index in [1.165, 1.54) is 7.11 Å². The van der Waals surface area contributed by atoms with Crippen molar-refractivity contribution >= 4 is 5.97 Å². The van der Waals surface area contributed by atoms with Gasteiger partial charge in [-0.15, -0.1) is 0 Å². The van der Waals surface area contributed by atoms with Gasteiger partial charge in [0, 0.05) is 12.6 Å². The minimum Gasteiger partial charge on any atom is -0.467 e. The molecule has 0 amide bonds. The SMILES string of the molecule is CCCN(CCC(N)(C(=O)OC)c1ccccc1)C(C)C. The van der Waals surface area contributed by atoms with Crippen LogP contribution >= 0.6 is 0 Å². The van der Waals surface area contributed by atoms with Gasteiger partial charge in [-0.25, -0.2) is 4.79 Å². The van der Waals surface area contributed by atoms with Crippen LogP contribution in [-0.4, -0.2) is 37.1 Å². The first-order chi connectivity index (χ1) is 9.95. The zero-order valence-corrected chi connectivity index (χ0v) is 13.6. The molecule has 0 saturated heterocycles. The van der Waals surface area contributed by atoms with E-state index in [0.717, 1.165) is 25.1 Å². The Morgan fingerprint density at radius 3 is 2.38 bits per heavy atom. The van der Waals surface area contributed by atoms with Gasteiger partial charge < -0.3 is 15.4 Å². The van der Waals surface area contributed by atoms with Crippen molar-refractivity contribution in [2.24, 2.45) is 5.73 Å². The first-order valence-corrected chi connectivity index (χ1v) is 7.62. The Balaban J connectivity index is 2.92. The Hall–Kier alpha value is -1.39. The van der Waals surface area contributed by atoms with Crippen LogP contribution < -0.4 is 5.73 Å². The lowest BCUT2D eigenvalue weighted by Gasteiger charge is -2.32. The summed E-state index contributed by atoms with van der Waals surface area (Å²) >= 11 is 0. The first kappa shape index (κ1) is 17.7. The van der Waals surface area contributed by atoms with Crippen LogP contribution in [0.2, 0.25) is 0 Å². The summed E-state index contributed by atoms with van der Waals surface area (Å²) in [5, 5.41) is 0. The lowest BCUT2D eigenvalue weighted by molar-refractivity contribution is -0.148. The molecule has 0 heterocycles. The van der Waals surface area contributed by atoms with Gasteiger partial charge in [0.2, 0.25) is 0 Å². The van der Waals surface area contributed by atoms with Crippen LogP contribution in [-0.2, 0) is 15.1 Å². The summed E-state index contributed by atoms with van der Waals surface area (Å²) in [5.41, 5.74) is 6.13. The third-order valence-electron chi connectivity index (χ3n) is 3.87. The van der Waals surface area contributed by atoms with Crippen molar-refractivity contribution in [3.05, 3.63) is 35.9 Å². The van der Waals surface area contributed by atoms with Gasteiger partial charge in [-0.1, -0.05) is 37.3 Å². The summed E-state index contributed by atoms with van der Waals surface area (Å²) in [7, 11) is 1.39. The molecule has 1 unspecified atom stereocenters. The van der Waals surface area contributed by atoms with Crippen molar-refractivity contribution < 1.29 is 9.53 Å². The Kier molecular flexibility index (Phi) is 6.85. The minimum absolute atomic E-state index is 0.381. The van der Waals surface area contributed by atoms with Crippen molar-refractivity contribution in [3.63, 3.8) is 0 Å². The number of hydrogen-bond donors (Lipinski definition) is 1. The van der Waals surface area contributed by atoms with Crippen LogP contribution in [0.1, 0.15) is 39.2 Å². The molecule has 1 aromatic rings. The number of carbonyl (C=O) groups excluding carboxylic acids is 1. The molecule has 118 valence electrons. The Bertz CT molecular complexity index is 434. The molecule has 1 atom stereocenters. The van der Waals surface area contributed by atoms with E-state index in [1.807, 2.05) is 30.3 Å². The summed E-state index contributed by atoms with van der Waals surface area (Å²) in [6.07, 6.45) is 1.63. The van der Waals surface area contributed by atoms with E-state index in [0.29, 0.717) is 12.5 Å². The highest BCUT2D eigenvalue weighted by atomic mass is 16.5. The van der Waals surface area contributed by atoms with Crippen LogP contribution in [0.3, 0.4) is 0 Å². The summed E-state index contributed by atoms with van der Waals surface area (Å²) < 4.78 is 4.94. The highest BCUT2D eigenvalue weighted by Gasteiger charge is 2.37. The number of nitrogens with zero attached hydrogens (tertiary/aromatic N) is 1. The second-order valence-corrected chi connectivity index (χ2v) is 5.71. The normalized spacial score (nSPS) is 14.2. The van der Waals surface area contributed by atoms with Crippen molar-refractivity contribution in [3.8, 4) is 0 Å². The maximum absolute atomic E-state index is 12.2. The van der Waals surface area contributed by atoms with Gasteiger partial charge in [0.05, 0.1) is 7.11 Å². The van der Waals surface area contributed by atoms with E-state index in [9.17, 15) is 4.79 Å². The predicted octanol–water partition coefficient (Wildman–Crippen LogP) is 2.52. The van der Waals surface area contributed by atoms with Gasteiger partial charge in [0.15, 0.2) is 0 Å². The fourth-order valence-electron chi connectivity index (χ4n) is 2.52. The van der Waals surface area contributed by atoms with Crippen LogP contribution in [0.25, 0.3) is 0 Å². The fourth-order valence-corrected chi connectivity index (χ4v) is 2.52. The molecule has 0 aliphatic rings. The highest BCUT2D eigenvalue weighted by molar-refractivity contribution is 5.82. The average molecular weight is 292 g/mol. The monoisotopic (exact) mass is 292 g/mol.